The molecule has 0 aliphatic carbocycles. The minimum atomic E-state index is -2.29. The van der Waals surface area contributed by atoms with Gasteiger partial charge in [0.1, 0.15) is 5.75 Å². The molecular weight excluding hydrogens is 629 g/mol. The minimum Gasteiger partial charge on any atom is -0.497 e. The van der Waals surface area contributed by atoms with Gasteiger partial charge in [-0.3, -0.25) is 0 Å². The van der Waals surface area contributed by atoms with Gasteiger partial charge in [-0.05, 0) is 73.4 Å². The van der Waals surface area contributed by atoms with Crippen molar-refractivity contribution in [3.63, 3.8) is 0 Å². The molecule has 272 valence electrons. The normalized spacial score (nSPS) is 18.4. The van der Waals surface area contributed by atoms with Crippen LogP contribution in [-0.2, 0) is 29.7 Å². The molecule has 0 aliphatic heterocycles. The molecule has 0 saturated heterocycles. The molecule has 0 amide bonds. The lowest BCUT2D eigenvalue weighted by atomic mass is 9.82. The fraction of sp³-hybridized carbons (Fsp3) is 0.757. The Bertz CT molecular complexity index is 1090. The molecule has 1 aromatic rings. The summed E-state index contributed by atoms with van der Waals surface area (Å²) in [5, 5.41) is 22.0. The van der Waals surface area contributed by atoms with E-state index in [0.29, 0.717) is 6.61 Å². The minimum absolute atomic E-state index is 0.0387. The van der Waals surface area contributed by atoms with E-state index in [1.807, 2.05) is 31.2 Å². The van der Waals surface area contributed by atoms with Crippen LogP contribution in [0.4, 0.5) is 0 Å². The molecule has 0 spiro atoms. The van der Waals surface area contributed by atoms with Crippen molar-refractivity contribution in [2.45, 2.75) is 150 Å². The zero-order valence-corrected chi connectivity index (χ0v) is 34.2. The summed E-state index contributed by atoms with van der Waals surface area (Å²) in [4.78, 5) is 12.3. The van der Waals surface area contributed by atoms with Crippen LogP contribution in [0, 0.1) is 17.8 Å². The Labute approximate surface area is 288 Å². The Morgan fingerprint density at radius 1 is 0.894 bits per heavy atom. The average molecular weight is 697 g/mol. The monoisotopic (exact) mass is 696 g/mol. The Kier molecular flexibility index (Phi) is 17.6. The van der Waals surface area contributed by atoms with Gasteiger partial charge in [-0.1, -0.05) is 80.5 Å². The van der Waals surface area contributed by atoms with E-state index in [4.69, 9.17) is 23.1 Å². The molecule has 8 atom stereocenters. The average Bonchev–Trinajstić information content (AvgIpc) is 3.04. The Morgan fingerprint density at radius 2 is 1.43 bits per heavy atom. The summed E-state index contributed by atoms with van der Waals surface area (Å²) in [6, 6.07) is 10.7. The molecule has 0 fully saturated rings. The van der Waals surface area contributed by atoms with Gasteiger partial charge in [-0.25, -0.2) is 4.79 Å². The summed E-state index contributed by atoms with van der Waals surface area (Å²) in [6.45, 7) is 28.6. The van der Waals surface area contributed by atoms with Gasteiger partial charge < -0.3 is 33.3 Å². The maximum atomic E-state index is 12.3. The first-order valence-corrected chi connectivity index (χ1v) is 22.9. The smallest absolute Gasteiger partial charge is 0.337 e. The SMILES string of the molecule is CC[Si](CC)(CC)O[C@H]([C@@H](C)[C@H](O)[C@@H](O)C(=O)OC)[C@H](C)[C@@H](O[Si](C)(C)C(C)(C)C)/C(C)=C/[C@H](C)[C@H](C)OCc1ccc(OC)cc1. The van der Waals surface area contributed by atoms with Gasteiger partial charge in [0, 0.05) is 17.8 Å². The number of hydrogen-bond donors (Lipinski definition) is 2. The first kappa shape index (κ1) is 43.5. The van der Waals surface area contributed by atoms with E-state index in [9.17, 15) is 15.0 Å². The first-order valence-electron chi connectivity index (χ1n) is 17.5. The van der Waals surface area contributed by atoms with E-state index in [0.717, 1.165) is 35.0 Å². The van der Waals surface area contributed by atoms with Crippen LogP contribution in [0.5, 0.6) is 5.75 Å². The highest BCUT2D eigenvalue weighted by atomic mass is 28.4. The van der Waals surface area contributed by atoms with E-state index in [1.165, 1.54) is 7.11 Å². The number of ether oxygens (including phenoxy) is 3. The van der Waals surface area contributed by atoms with Gasteiger partial charge in [0.15, 0.2) is 22.7 Å². The van der Waals surface area contributed by atoms with E-state index in [2.05, 4.69) is 88.4 Å². The molecule has 0 aliphatic rings. The summed E-state index contributed by atoms with van der Waals surface area (Å²) in [5.41, 5.74) is 2.16. The first-order chi connectivity index (χ1) is 21.7. The summed E-state index contributed by atoms with van der Waals surface area (Å²) < 4.78 is 30.8. The topological polar surface area (TPSA) is 104 Å². The number of esters is 1. The van der Waals surface area contributed by atoms with Gasteiger partial charge in [0.25, 0.3) is 0 Å². The summed E-state index contributed by atoms with van der Waals surface area (Å²) >= 11 is 0. The zero-order valence-electron chi connectivity index (χ0n) is 32.2. The van der Waals surface area contributed by atoms with Crippen LogP contribution in [-0.4, -0.2) is 77.6 Å². The molecular formula is C37H68O8Si2. The molecule has 0 saturated carbocycles. The Morgan fingerprint density at radius 3 is 1.87 bits per heavy atom. The van der Waals surface area contributed by atoms with Crippen molar-refractivity contribution in [3.05, 3.63) is 41.5 Å². The fourth-order valence-electron chi connectivity index (χ4n) is 5.75. The maximum absolute atomic E-state index is 12.3. The standard InChI is InChI=1S/C37H68O8Si2/c1-16-47(17-2,18-3)45-35(27(6)32(38)33(39)36(40)42-13)28(7)34(44-46(14,15)37(9,10)11)26(5)23-25(4)29(8)43-24-30-19-21-31(41-12)22-20-30/h19-23,25,27-29,32-35,38-39H,16-18,24H2,1-15H3/b26-23+/t25-,27-,28+,29-,32-,33+,34-,35+/m0/s1. The van der Waals surface area contributed by atoms with Crippen LogP contribution in [0.1, 0.15) is 81.7 Å². The highest BCUT2D eigenvalue weighted by Gasteiger charge is 2.46. The third kappa shape index (κ3) is 12.1. The summed E-state index contributed by atoms with van der Waals surface area (Å²) in [6.07, 6.45) is -1.64. The lowest BCUT2D eigenvalue weighted by molar-refractivity contribution is -0.161. The van der Waals surface area contributed by atoms with Crippen molar-refractivity contribution >= 4 is 22.6 Å². The molecule has 47 heavy (non-hydrogen) atoms. The molecule has 0 bridgehead atoms. The predicted octanol–water partition coefficient (Wildman–Crippen LogP) is 8.13. The second-order valence-electron chi connectivity index (χ2n) is 14.9. The highest BCUT2D eigenvalue weighted by Crippen LogP contribution is 2.41. The predicted molar refractivity (Wildman–Crippen MR) is 197 cm³/mol. The number of aliphatic hydroxyl groups is 2. The largest absolute Gasteiger partial charge is 0.497 e. The van der Waals surface area contributed by atoms with Crippen LogP contribution in [0.2, 0.25) is 36.3 Å². The van der Waals surface area contributed by atoms with Crippen LogP contribution in [0.3, 0.4) is 0 Å². The van der Waals surface area contributed by atoms with E-state index >= 15 is 0 Å². The van der Waals surface area contributed by atoms with Crippen molar-refractivity contribution in [2.75, 3.05) is 14.2 Å². The molecule has 10 heteroatoms. The Balaban J connectivity index is 3.58. The summed E-state index contributed by atoms with van der Waals surface area (Å²) in [5.74, 6) is -0.725. The van der Waals surface area contributed by atoms with E-state index in [-0.39, 0.29) is 29.1 Å². The van der Waals surface area contributed by atoms with Crippen LogP contribution >= 0.6 is 0 Å². The fourth-order valence-corrected chi connectivity index (χ4v) is 10.1. The second kappa shape index (κ2) is 19.0. The number of aliphatic hydroxyl groups excluding tert-OH is 2. The third-order valence-corrected chi connectivity index (χ3v) is 19.8. The maximum Gasteiger partial charge on any atom is 0.337 e. The number of carbonyl (C=O) groups is 1. The third-order valence-electron chi connectivity index (χ3n) is 10.8. The van der Waals surface area contributed by atoms with Crippen molar-refractivity contribution in [1.82, 2.24) is 0 Å². The number of hydrogen-bond acceptors (Lipinski definition) is 8. The summed E-state index contributed by atoms with van der Waals surface area (Å²) in [7, 11) is -1.62. The van der Waals surface area contributed by atoms with Crippen LogP contribution in [0.25, 0.3) is 0 Å². The van der Waals surface area contributed by atoms with Gasteiger partial charge in [0.05, 0.1) is 45.2 Å². The zero-order chi connectivity index (χ0) is 36.3. The van der Waals surface area contributed by atoms with Gasteiger partial charge in [-0.2, -0.15) is 0 Å². The van der Waals surface area contributed by atoms with Crippen molar-refractivity contribution in [2.24, 2.45) is 17.8 Å². The van der Waals surface area contributed by atoms with Gasteiger partial charge in [-0.15, -0.1) is 0 Å². The van der Waals surface area contributed by atoms with E-state index in [1.54, 1.807) is 7.11 Å². The van der Waals surface area contributed by atoms with Crippen molar-refractivity contribution in [1.29, 1.82) is 0 Å². The molecule has 2 N–H and O–H groups in total. The number of carbonyl (C=O) groups excluding carboxylic acids is 1. The lowest BCUT2D eigenvalue weighted by Crippen LogP contribution is -2.54. The molecule has 0 aromatic heterocycles. The van der Waals surface area contributed by atoms with Crippen LogP contribution < -0.4 is 4.74 Å². The molecule has 1 rings (SSSR count). The van der Waals surface area contributed by atoms with Crippen molar-refractivity contribution in [3.8, 4) is 5.75 Å². The number of methoxy groups -OCH3 is 2. The Hall–Kier alpha value is -1.54. The van der Waals surface area contributed by atoms with Crippen LogP contribution in [0.15, 0.2) is 35.9 Å². The lowest BCUT2D eigenvalue weighted by Gasteiger charge is -2.46. The molecule has 0 radical (unpaired) electrons. The molecule has 8 nitrogen and oxygen atoms in total. The van der Waals surface area contributed by atoms with Gasteiger partial charge in [0.2, 0.25) is 0 Å². The molecule has 0 unspecified atom stereocenters. The van der Waals surface area contributed by atoms with Gasteiger partial charge >= 0.3 is 5.97 Å². The highest BCUT2D eigenvalue weighted by molar-refractivity contribution is 6.74. The molecule has 0 heterocycles. The number of benzene rings is 1. The van der Waals surface area contributed by atoms with E-state index < -0.39 is 46.8 Å². The quantitative estimate of drug-likeness (QED) is 0.0801. The molecule has 1 aromatic carbocycles. The number of rotatable bonds is 20. The second-order valence-corrected chi connectivity index (χ2v) is 24.4. The van der Waals surface area contributed by atoms with Crippen molar-refractivity contribution < 1.29 is 38.1 Å².